The molecule has 1 N–H and O–H groups in total. The molecular weight excluding hydrogens is 550 g/mol. The number of hydrogen-bond acceptors (Lipinski definition) is 6. The van der Waals surface area contributed by atoms with Crippen molar-refractivity contribution in [3.63, 3.8) is 0 Å². The van der Waals surface area contributed by atoms with Gasteiger partial charge in [-0.05, 0) is 56.7 Å². The summed E-state index contributed by atoms with van der Waals surface area (Å²) in [5.41, 5.74) is 1.98. The van der Waals surface area contributed by atoms with Crippen LogP contribution in [0.4, 0.5) is 0 Å². The zero-order valence-corrected chi connectivity index (χ0v) is 23.6. The number of benzene rings is 2. The lowest BCUT2D eigenvalue weighted by Gasteiger charge is -2.29. The molecule has 1 atom stereocenters. The number of carbonyl (C=O) groups is 2. The molecule has 4 aromatic rings. The van der Waals surface area contributed by atoms with E-state index in [0.29, 0.717) is 55.8 Å². The lowest BCUT2D eigenvalue weighted by atomic mass is 9.94. The minimum absolute atomic E-state index is 0.117. The molecule has 0 spiro atoms. The molecule has 1 aliphatic heterocycles. The number of rotatable bonds is 7. The van der Waals surface area contributed by atoms with Gasteiger partial charge in [-0.25, -0.2) is 9.79 Å². The highest BCUT2D eigenvalue weighted by Gasteiger charge is 2.34. The maximum absolute atomic E-state index is 13.9. The number of furan rings is 1. The van der Waals surface area contributed by atoms with Gasteiger partial charge >= 0.3 is 5.97 Å². The van der Waals surface area contributed by atoms with Gasteiger partial charge in [-0.3, -0.25) is 14.2 Å². The minimum atomic E-state index is -1.06. The summed E-state index contributed by atoms with van der Waals surface area (Å²) in [6.45, 7) is 6.66. The van der Waals surface area contributed by atoms with E-state index in [0.717, 1.165) is 5.56 Å². The van der Waals surface area contributed by atoms with Gasteiger partial charge in [-0.2, -0.15) is 0 Å². The second-order valence-electron chi connectivity index (χ2n) is 9.16. The van der Waals surface area contributed by atoms with Gasteiger partial charge in [0.25, 0.3) is 11.5 Å². The number of aromatic carboxylic acids is 1. The summed E-state index contributed by atoms with van der Waals surface area (Å²) < 4.78 is 7.86. The third-order valence-electron chi connectivity index (χ3n) is 6.81. The van der Waals surface area contributed by atoms with Crippen molar-refractivity contribution in [2.24, 2.45) is 4.99 Å². The second-order valence-corrected chi connectivity index (χ2v) is 10.6. The summed E-state index contributed by atoms with van der Waals surface area (Å²) in [5.74, 6) is -0.472. The fourth-order valence-corrected chi connectivity index (χ4v) is 5.98. The highest BCUT2D eigenvalue weighted by atomic mass is 35.5. The first-order chi connectivity index (χ1) is 19.2. The van der Waals surface area contributed by atoms with Crippen LogP contribution in [0.1, 0.15) is 48.5 Å². The molecule has 8 nitrogen and oxygen atoms in total. The van der Waals surface area contributed by atoms with Crippen molar-refractivity contribution < 1.29 is 19.1 Å². The Morgan fingerprint density at radius 3 is 2.48 bits per heavy atom. The quantitative estimate of drug-likeness (QED) is 0.343. The molecule has 0 saturated carbocycles. The van der Waals surface area contributed by atoms with Crippen LogP contribution in [0.3, 0.4) is 0 Å². The van der Waals surface area contributed by atoms with Crippen molar-refractivity contribution >= 4 is 40.9 Å². The lowest BCUT2D eigenvalue weighted by Crippen LogP contribution is -2.43. The Labute approximate surface area is 238 Å². The van der Waals surface area contributed by atoms with E-state index in [2.05, 4.69) is 4.99 Å². The largest absolute Gasteiger partial charge is 0.478 e. The molecule has 5 rings (SSSR count). The molecular formula is C30H26ClN3O5S. The van der Waals surface area contributed by atoms with Crippen molar-refractivity contribution in [3.05, 3.63) is 114 Å². The molecule has 10 heteroatoms. The Morgan fingerprint density at radius 1 is 1.10 bits per heavy atom. The molecule has 0 bridgehead atoms. The third kappa shape index (κ3) is 4.94. The van der Waals surface area contributed by atoms with Crippen LogP contribution in [0.2, 0.25) is 5.02 Å². The molecule has 1 amide bonds. The Balaban J connectivity index is 1.65. The lowest BCUT2D eigenvalue weighted by molar-refractivity contribution is -0.127. The summed E-state index contributed by atoms with van der Waals surface area (Å²) in [5, 5.41) is 10.1. The molecule has 2 aromatic heterocycles. The third-order valence-corrected chi connectivity index (χ3v) is 8.05. The van der Waals surface area contributed by atoms with E-state index in [1.54, 1.807) is 64.9 Å². The van der Waals surface area contributed by atoms with Gasteiger partial charge in [0, 0.05) is 29.8 Å². The van der Waals surface area contributed by atoms with Crippen LogP contribution in [-0.4, -0.2) is 39.5 Å². The maximum atomic E-state index is 13.9. The number of thiazole rings is 1. The smallest absolute Gasteiger partial charge is 0.336 e. The monoisotopic (exact) mass is 575 g/mol. The molecule has 0 radical (unpaired) electrons. The van der Waals surface area contributed by atoms with Crippen molar-refractivity contribution in [1.29, 1.82) is 0 Å². The molecule has 0 aliphatic carbocycles. The van der Waals surface area contributed by atoms with E-state index in [1.807, 2.05) is 26.0 Å². The van der Waals surface area contributed by atoms with Crippen LogP contribution < -0.4 is 14.9 Å². The van der Waals surface area contributed by atoms with Gasteiger partial charge in [0.1, 0.15) is 11.5 Å². The first kappa shape index (κ1) is 27.4. The minimum Gasteiger partial charge on any atom is -0.478 e. The fraction of sp³-hybridized carbons (Fsp3) is 0.200. The summed E-state index contributed by atoms with van der Waals surface area (Å²) >= 11 is 7.35. The molecule has 1 aliphatic rings. The number of carboxylic acid groups (broad SMARTS) is 1. The van der Waals surface area contributed by atoms with Crippen molar-refractivity contribution in [2.45, 2.75) is 26.8 Å². The van der Waals surface area contributed by atoms with Gasteiger partial charge in [-0.1, -0.05) is 53.3 Å². The summed E-state index contributed by atoms with van der Waals surface area (Å²) in [6, 6.07) is 16.3. The number of halogens is 1. The van der Waals surface area contributed by atoms with Gasteiger partial charge in [0.05, 0.1) is 27.4 Å². The van der Waals surface area contributed by atoms with E-state index in [9.17, 15) is 19.5 Å². The molecule has 3 heterocycles. The van der Waals surface area contributed by atoms with Gasteiger partial charge in [-0.15, -0.1) is 0 Å². The van der Waals surface area contributed by atoms with Crippen molar-refractivity contribution in [2.75, 3.05) is 13.1 Å². The average molecular weight is 576 g/mol. The normalized spacial score (nSPS) is 15.1. The fourth-order valence-electron chi connectivity index (χ4n) is 4.83. The summed E-state index contributed by atoms with van der Waals surface area (Å²) in [6.07, 6.45) is 1.61. The van der Waals surface area contributed by atoms with Crippen LogP contribution >= 0.6 is 22.9 Å². The van der Waals surface area contributed by atoms with Crippen LogP contribution in [0.5, 0.6) is 0 Å². The maximum Gasteiger partial charge on any atom is 0.336 e. The van der Waals surface area contributed by atoms with Crippen LogP contribution in [0, 0.1) is 0 Å². The Kier molecular flexibility index (Phi) is 7.60. The molecule has 0 unspecified atom stereocenters. The van der Waals surface area contributed by atoms with Gasteiger partial charge in [0.2, 0.25) is 0 Å². The molecule has 0 saturated heterocycles. The standard InChI is InChI=1S/C30H26ClN3O5S/c1-4-33(5-2)28(36)25-17(3)32-30-34(26(25)18-10-12-19(31)13-11-18)27(35)24(40-30)16-20-14-15-23(39-20)21-8-6-7-9-22(21)29(37)38/h6-16,26H,4-5H2,1-3H3,(H,37,38)/b24-16+/t26-/m1/s1. The number of amides is 1. The SMILES string of the molecule is CCN(CC)C(=O)C1=C(C)N=c2s/c(=C/c3ccc(-c4ccccc4C(=O)O)o3)c(=O)n2[C@@H]1c1ccc(Cl)cc1. The van der Waals surface area contributed by atoms with E-state index in [4.69, 9.17) is 16.0 Å². The summed E-state index contributed by atoms with van der Waals surface area (Å²) in [7, 11) is 0. The number of allylic oxidation sites excluding steroid dienone is 1. The van der Waals surface area contributed by atoms with E-state index in [1.165, 1.54) is 17.4 Å². The number of likely N-dealkylation sites (N-methyl/N-ethyl adjacent to an activating group) is 1. The van der Waals surface area contributed by atoms with E-state index in [-0.39, 0.29) is 17.0 Å². The Bertz CT molecular complexity index is 1830. The topological polar surface area (TPSA) is 105 Å². The molecule has 0 fully saturated rings. The van der Waals surface area contributed by atoms with E-state index >= 15 is 0 Å². The average Bonchev–Trinajstić information content (AvgIpc) is 3.53. The number of carboxylic acids is 1. The Hall–Kier alpha value is -4.21. The van der Waals surface area contributed by atoms with Gasteiger partial charge < -0.3 is 14.4 Å². The van der Waals surface area contributed by atoms with Crippen LogP contribution in [-0.2, 0) is 4.79 Å². The van der Waals surface area contributed by atoms with Crippen molar-refractivity contribution in [3.8, 4) is 11.3 Å². The number of aromatic nitrogens is 1. The predicted molar refractivity (Wildman–Crippen MR) is 154 cm³/mol. The first-order valence-electron chi connectivity index (χ1n) is 12.7. The van der Waals surface area contributed by atoms with Crippen molar-refractivity contribution in [1.82, 2.24) is 9.47 Å². The highest BCUT2D eigenvalue weighted by molar-refractivity contribution is 7.07. The molecule has 2 aromatic carbocycles. The van der Waals surface area contributed by atoms with E-state index < -0.39 is 12.0 Å². The van der Waals surface area contributed by atoms with Crippen LogP contribution in [0.15, 0.2) is 86.1 Å². The van der Waals surface area contributed by atoms with Crippen LogP contribution in [0.25, 0.3) is 17.4 Å². The second kappa shape index (κ2) is 11.1. The van der Waals surface area contributed by atoms with Gasteiger partial charge in [0.15, 0.2) is 4.80 Å². The number of carbonyl (C=O) groups excluding carboxylic acids is 1. The Morgan fingerprint density at radius 2 is 1.80 bits per heavy atom. The highest BCUT2D eigenvalue weighted by Crippen LogP contribution is 2.32. The molecule has 204 valence electrons. The summed E-state index contributed by atoms with van der Waals surface area (Å²) in [4.78, 5) is 46.0. The number of nitrogens with zero attached hydrogens (tertiary/aromatic N) is 3. The first-order valence-corrected chi connectivity index (χ1v) is 13.9. The zero-order chi connectivity index (χ0) is 28.6. The number of hydrogen-bond donors (Lipinski definition) is 1. The zero-order valence-electron chi connectivity index (χ0n) is 22.1. The molecule has 40 heavy (non-hydrogen) atoms. The predicted octanol–water partition coefficient (Wildman–Crippen LogP) is 4.72. The number of fused-ring (bicyclic) bond motifs is 1.